The number of urea groups is 1. The molecule has 2 aliphatic rings. The molecule has 0 saturated carbocycles. The quantitative estimate of drug-likeness (QED) is 0.0309. The first kappa shape index (κ1) is 84.3. The number of likely N-dealkylation sites (tertiary alicyclic amines) is 2. The van der Waals surface area contributed by atoms with Crippen molar-refractivity contribution in [2.45, 2.75) is 196 Å². The van der Waals surface area contributed by atoms with E-state index in [-0.39, 0.29) is 124 Å². The number of alkyl carbamates (subject to hydrolysis) is 1. The van der Waals surface area contributed by atoms with E-state index in [2.05, 4.69) is 31.9 Å². The Hall–Kier alpha value is -7.95. The zero-order valence-corrected chi connectivity index (χ0v) is 60.7. The Morgan fingerprint density at radius 2 is 1.38 bits per heavy atom. The Morgan fingerprint density at radius 1 is 0.735 bits per heavy atom. The van der Waals surface area contributed by atoms with Crippen molar-refractivity contribution in [3.63, 3.8) is 0 Å². The summed E-state index contributed by atoms with van der Waals surface area (Å²) in [6.45, 7) is 24.6. The van der Waals surface area contributed by atoms with Gasteiger partial charge in [-0.2, -0.15) is 0 Å². The number of aliphatic hydroxyl groups excluding tert-OH is 1. The van der Waals surface area contributed by atoms with Crippen molar-refractivity contribution in [3.8, 4) is 0 Å². The second-order valence-electron chi connectivity index (χ2n) is 26.4. The highest BCUT2D eigenvalue weighted by Gasteiger charge is 2.44. The number of carbonyl (C=O) groups excluding carboxylic acids is 11. The van der Waals surface area contributed by atoms with Gasteiger partial charge in [-0.25, -0.2) is 14.4 Å². The number of nitrogens with one attached hydrogen (secondary N) is 6. The molecular formula is C70H113N11O17. The first-order valence-corrected chi connectivity index (χ1v) is 34.2. The van der Waals surface area contributed by atoms with Crippen LogP contribution in [-0.4, -0.2) is 219 Å². The molecule has 9 N–H and O–H groups in total. The molecule has 2 saturated heterocycles. The molecule has 0 aromatic heterocycles. The van der Waals surface area contributed by atoms with Crippen molar-refractivity contribution in [2.24, 2.45) is 41.2 Å². The average molecular weight is 1380 g/mol. The van der Waals surface area contributed by atoms with Crippen LogP contribution in [0.25, 0.3) is 0 Å². The molecule has 2 aromatic rings. The van der Waals surface area contributed by atoms with Crippen LogP contribution in [0.3, 0.4) is 0 Å². The molecule has 2 aliphatic heterocycles. The Morgan fingerprint density at radius 3 is 1.93 bits per heavy atom. The Kier molecular flexibility index (Phi) is 36.2. The van der Waals surface area contributed by atoms with E-state index in [1.165, 1.54) is 26.2 Å². The second kappa shape index (κ2) is 42.1. The lowest BCUT2D eigenvalue weighted by Crippen LogP contribution is -2.60. The van der Waals surface area contributed by atoms with Crippen LogP contribution in [0.15, 0.2) is 54.6 Å². The minimum Gasteiger partial charge on any atom is -0.450 e. The van der Waals surface area contributed by atoms with Gasteiger partial charge in [0.25, 0.3) is 0 Å². The average Bonchev–Trinajstić information content (AvgIpc) is 1.42. The maximum Gasteiger partial charge on any atom is 0.410 e. The molecule has 2 fully saturated rings. The van der Waals surface area contributed by atoms with E-state index in [1.54, 1.807) is 70.5 Å². The van der Waals surface area contributed by atoms with Crippen LogP contribution in [0.2, 0.25) is 0 Å². The van der Waals surface area contributed by atoms with Crippen LogP contribution >= 0.6 is 0 Å². The first-order valence-electron chi connectivity index (χ1n) is 34.2. The predicted molar refractivity (Wildman–Crippen MR) is 368 cm³/mol. The van der Waals surface area contributed by atoms with Crippen LogP contribution < -0.4 is 37.6 Å². The number of ether oxygens (including phenoxy) is 5. The van der Waals surface area contributed by atoms with E-state index in [9.17, 15) is 57.8 Å². The topological polar surface area (TPSA) is 365 Å². The van der Waals surface area contributed by atoms with Crippen molar-refractivity contribution in [1.82, 2.24) is 46.2 Å². The molecule has 12 amide bonds. The molecule has 4 rings (SSSR count). The molecule has 0 spiro atoms. The monoisotopic (exact) mass is 1380 g/mol. The van der Waals surface area contributed by atoms with E-state index in [0.29, 0.717) is 37.1 Å². The van der Waals surface area contributed by atoms with Gasteiger partial charge < -0.3 is 76.2 Å². The summed E-state index contributed by atoms with van der Waals surface area (Å²) in [6.07, 6.45) is -0.860. The number of anilines is 1. The number of primary amides is 1. The van der Waals surface area contributed by atoms with E-state index >= 15 is 0 Å². The van der Waals surface area contributed by atoms with Crippen LogP contribution in [0.4, 0.5) is 20.1 Å². The third kappa shape index (κ3) is 25.7. The third-order valence-corrected chi connectivity index (χ3v) is 17.9. The zero-order chi connectivity index (χ0) is 73.7. The number of amides is 12. The minimum atomic E-state index is -1.01. The smallest absolute Gasteiger partial charge is 0.410 e. The number of carbonyl (C=O) groups is 11. The number of likely N-dealkylation sites (N-methyl/N-ethyl adjacent to an activating group) is 2. The van der Waals surface area contributed by atoms with Crippen molar-refractivity contribution in [1.29, 1.82) is 0 Å². The summed E-state index contributed by atoms with van der Waals surface area (Å²) < 4.78 is 27.5. The maximum absolute atomic E-state index is 14.3. The number of imide groups is 1. The molecule has 0 aliphatic carbocycles. The van der Waals surface area contributed by atoms with Crippen LogP contribution in [0.5, 0.6) is 0 Å². The zero-order valence-electron chi connectivity index (χ0n) is 60.7. The maximum atomic E-state index is 14.3. The lowest BCUT2D eigenvalue weighted by Gasteiger charge is -2.41. The standard InChI is InChI=1S/C42H71N5O9.C28H42N6O8/c1-14-27(7)36(45(10)41(52)34(25(3)4)44-40(51)35(26(5)6)46(11)42(53)56-15-2)32(54-12)24-33(48)47-23-19-22-31(47)38(55-13)28(8)39(50)43-29(9)37(49)30-20-17-16-18-21-30;1-17(2)23(33-28(40)42-15-14-41-13-12-34-22(35)16-19(4)26(34)38)25(37)32-21(6-5-11-30-27(29)39)24(36)31-20-9-7-18(3)8-10-20/h16-18,20-21,25-29,31-32,34-38,49H,14-15,19,22-24H2,1-13H3,(H,43,50)(H,44,51);7-10,17,19,21,23H,5-6,11-16H2,1-4H3,(H,31,36)(H,32,37)(H,33,40)(H3,29,30,39)/t27-,28+,29+,31-,32+,34-,35?,36-,37+,38+;19?,21-,23-/m00/s1. The summed E-state index contributed by atoms with van der Waals surface area (Å²) in [7, 11) is 6.26. The lowest BCUT2D eigenvalue weighted by atomic mass is 9.89. The highest BCUT2D eigenvalue weighted by Crippen LogP contribution is 2.31. The molecule has 0 radical (unpaired) electrons. The number of aliphatic hydroxyl groups is 1. The molecule has 0 bridgehead atoms. The SMILES string of the molecule is CCOC(=O)N(C)C(C(=O)N[C@H](C(=O)N(C)[C@@H]([C@@H](C)CC)[C@@H](CC(=O)N1CCC[C@H]1[C@H](OC)[C@@H](C)C(=O)N[C@H](C)[C@@H](O)c1ccccc1)OC)C(C)C)C(C)C.Cc1ccc(NC(=O)[C@H](CCCNC(N)=O)NC(=O)[C@@H](NC(=O)OCCOCCN2C(=O)CC(C)C2=O)C(C)C)cc1. The van der Waals surface area contributed by atoms with E-state index in [4.69, 9.17) is 29.4 Å². The number of benzene rings is 2. The molecule has 2 unspecified atom stereocenters. The fraction of sp³-hybridized carbons (Fsp3) is 0.671. The summed E-state index contributed by atoms with van der Waals surface area (Å²) in [5.41, 5.74) is 7.37. The third-order valence-electron chi connectivity index (χ3n) is 17.9. The Balaban J connectivity index is 0.000000531. The molecule has 550 valence electrons. The number of nitrogens with two attached hydrogens (primary N) is 1. The number of nitrogens with zero attached hydrogens (tertiary/aromatic N) is 4. The van der Waals surface area contributed by atoms with Gasteiger partial charge >= 0.3 is 18.2 Å². The van der Waals surface area contributed by atoms with Gasteiger partial charge in [0.15, 0.2) is 0 Å². The number of hydrogen-bond donors (Lipinski definition) is 8. The Bertz CT molecular complexity index is 2900. The fourth-order valence-corrected chi connectivity index (χ4v) is 12.1. The molecular weight excluding hydrogens is 1270 g/mol. The van der Waals surface area contributed by atoms with E-state index in [0.717, 1.165) is 16.9 Å². The van der Waals surface area contributed by atoms with Gasteiger partial charge in [-0.15, -0.1) is 0 Å². The number of hydrogen-bond acceptors (Lipinski definition) is 17. The summed E-state index contributed by atoms with van der Waals surface area (Å²) >= 11 is 0. The number of rotatable bonds is 37. The molecule has 2 aromatic carbocycles. The highest BCUT2D eigenvalue weighted by molar-refractivity contribution is 6.03. The fourth-order valence-electron chi connectivity index (χ4n) is 12.1. The summed E-state index contributed by atoms with van der Waals surface area (Å²) in [5.74, 6) is -4.71. The van der Waals surface area contributed by atoms with E-state index in [1.807, 2.05) is 90.9 Å². The highest BCUT2D eigenvalue weighted by atomic mass is 16.6. The predicted octanol–water partition coefficient (Wildman–Crippen LogP) is 5.43. The summed E-state index contributed by atoms with van der Waals surface area (Å²) in [6, 6.07) is 10.4. The lowest BCUT2D eigenvalue weighted by molar-refractivity contribution is -0.148. The molecule has 13 atom stereocenters. The Labute approximate surface area is 578 Å². The summed E-state index contributed by atoms with van der Waals surface area (Å²) in [5, 5.41) is 27.1. The van der Waals surface area contributed by atoms with Crippen molar-refractivity contribution in [2.75, 3.05) is 79.7 Å². The van der Waals surface area contributed by atoms with Gasteiger partial charge in [0, 0.05) is 59.4 Å². The molecule has 28 nitrogen and oxygen atoms in total. The molecule has 2 heterocycles. The molecule has 98 heavy (non-hydrogen) atoms. The minimum absolute atomic E-state index is 0.0184. The first-order chi connectivity index (χ1) is 46.3. The second-order valence-corrected chi connectivity index (χ2v) is 26.4. The largest absolute Gasteiger partial charge is 0.450 e. The normalized spacial score (nSPS) is 17.9. The van der Waals surface area contributed by atoms with Crippen molar-refractivity contribution >= 4 is 71.2 Å². The van der Waals surface area contributed by atoms with Gasteiger partial charge in [0.05, 0.1) is 75.1 Å². The molecule has 28 heteroatoms. The van der Waals surface area contributed by atoms with Gasteiger partial charge in [0.2, 0.25) is 47.3 Å². The number of aryl methyl sites for hydroxylation is 1. The van der Waals surface area contributed by atoms with Gasteiger partial charge in [-0.1, -0.05) is 124 Å². The van der Waals surface area contributed by atoms with Gasteiger partial charge in [0.1, 0.15) is 30.8 Å². The van der Waals surface area contributed by atoms with Crippen LogP contribution in [0.1, 0.15) is 145 Å². The van der Waals surface area contributed by atoms with Gasteiger partial charge in [-0.3, -0.25) is 48.2 Å². The van der Waals surface area contributed by atoms with Crippen molar-refractivity contribution in [3.05, 3.63) is 65.7 Å². The van der Waals surface area contributed by atoms with Crippen LogP contribution in [0, 0.1) is 42.4 Å². The van der Waals surface area contributed by atoms with Crippen molar-refractivity contribution < 1.29 is 81.5 Å². The van der Waals surface area contributed by atoms with Gasteiger partial charge in [-0.05, 0) is 87.8 Å². The number of methoxy groups -OCH3 is 2. The van der Waals surface area contributed by atoms with E-state index < -0.39 is 96.4 Å². The summed E-state index contributed by atoms with van der Waals surface area (Å²) in [4.78, 5) is 147. The van der Waals surface area contributed by atoms with Crippen LogP contribution in [-0.2, 0) is 62.0 Å².